The van der Waals surface area contributed by atoms with Crippen LogP contribution >= 0.6 is 11.3 Å². The van der Waals surface area contributed by atoms with Crippen molar-refractivity contribution in [1.29, 1.82) is 0 Å². The molecule has 0 fully saturated rings. The average molecular weight is 438 g/mol. The summed E-state index contributed by atoms with van der Waals surface area (Å²) >= 11 is -1.22. The molecular formula is C17H31F2NSSn. The standard InChI is InChI=1S/C5H4F2NS.3C4H9.Sn/c1-5(6,7)4-8-2-3-9-4;3*1-3-4-2;/h2H,1H3;3*1,3-4H2,2H3;. The van der Waals surface area contributed by atoms with Crippen LogP contribution in [-0.4, -0.2) is 23.4 Å². The molecule has 22 heavy (non-hydrogen) atoms. The van der Waals surface area contributed by atoms with Crippen LogP contribution in [0.3, 0.4) is 0 Å². The first-order valence-electron chi connectivity index (χ1n) is 8.74. The van der Waals surface area contributed by atoms with Gasteiger partial charge in [0.1, 0.15) is 0 Å². The van der Waals surface area contributed by atoms with Gasteiger partial charge in [-0.2, -0.15) is 0 Å². The van der Waals surface area contributed by atoms with E-state index >= 15 is 0 Å². The van der Waals surface area contributed by atoms with Crippen molar-refractivity contribution in [1.82, 2.24) is 4.98 Å². The second-order valence-corrected chi connectivity index (χ2v) is 21.7. The minimum absolute atomic E-state index is 0.0214. The molecule has 0 amide bonds. The summed E-state index contributed by atoms with van der Waals surface area (Å²) in [5, 5.41) is 0.0214. The number of hydrogen-bond acceptors (Lipinski definition) is 2. The van der Waals surface area contributed by atoms with Gasteiger partial charge in [0, 0.05) is 0 Å². The molecule has 1 heterocycles. The van der Waals surface area contributed by atoms with Crippen LogP contribution in [0.25, 0.3) is 0 Å². The average Bonchev–Trinajstić information content (AvgIpc) is 2.97. The molecule has 0 saturated carbocycles. The summed E-state index contributed by atoms with van der Waals surface area (Å²) < 4.78 is 32.4. The van der Waals surface area contributed by atoms with Gasteiger partial charge < -0.3 is 0 Å². The summed E-state index contributed by atoms with van der Waals surface area (Å²) in [6.45, 7) is 7.66. The number of aromatic nitrogens is 1. The fourth-order valence-corrected chi connectivity index (χ4v) is 22.6. The molecule has 1 aromatic heterocycles. The second-order valence-electron chi connectivity index (χ2n) is 6.51. The van der Waals surface area contributed by atoms with Crippen molar-refractivity contribution in [2.24, 2.45) is 0 Å². The Kier molecular flexibility index (Phi) is 8.83. The van der Waals surface area contributed by atoms with Crippen molar-refractivity contribution >= 4 is 32.6 Å². The number of hydrogen-bond donors (Lipinski definition) is 0. The normalized spacial score (nSPS) is 12.8. The molecule has 0 atom stereocenters. The minimum atomic E-state index is -2.79. The zero-order valence-corrected chi connectivity index (χ0v) is 18.2. The summed E-state index contributed by atoms with van der Waals surface area (Å²) in [6, 6.07) is 0. The van der Waals surface area contributed by atoms with Crippen molar-refractivity contribution in [3.63, 3.8) is 0 Å². The van der Waals surface area contributed by atoms with E-state index in [0.717, 1.165) is 6.92 Å². The van der Waals surface area contributed by atoms with E-state index < -0.39 is 24.3 Å². The molecule has 0 N–H and O–H groups in total. The Labute approximate surface area is 142 Å². The first-order valence-corrected chi connectivity index (χ1v) is 17.0. The molecule has 0 aliphatic carbocycles. The van der Waals surface area contributed by atoms with Crippen molar-refractivity contribution in [3.8, 4) is 0 Å². The van der Waals surface area contributed by atoms with E-state index in [2.05, 4.69) is 25.8 Å². The first kappa shape index (κ1) is 20.3. The molecule has 0 unspecified atom stereocenters. The van der Waals surface area contributed by atoms with E-state index in [9.17, 15) is 8.78 Å². The summed E-state index contributed by atoms with van der Waals surface area (Å²) in [7, 11) is 0. The van der Waals surface area contributed by atoms with Crippen molar-refractivity contribution in [2.45, 2.75) is 85.5 Å². The Balaban J connectivity index is 3.10. The third-order valence-corrected chi connectivity index (χ3v) is 23.8. The van der Waals surface area contributed by atoms with Crippen LogP contribution in [0.5, 0.6) is 0 Å². The number of alkyl halides is 2. The Hall–Kier alpha value is 0.289. The summed E-state index contributed by atoms with van der Waals surface area (Å²) in [5.74, 6) is -2.79. The fourth-order valence-electron chi connectivity index (χ4n) is 3.01. The maximum atomic E-state index is 13.6. The van der Waals surface area contributed by atoms with Crippen LogP contribution in [0, 0.1) is 0 Å². The Morgan fingerprint density at radius 2 is 1.45 bits per heavy atom. The van der Waals surface area contributed by atoms with Crippen LogP contribution < -0.4 is 2.89 Å². The maximum absolute atomic E-state index is 13.6. The van der Waals surface area contributed by atoms with Gasteiger partial charge in [-0.15, -0.1) is 0 Å². The quantitative estimate of drug-likeness (QED) is 0.369. The van der Waals surface area contributed by atoms with Gasteiger partial charge in [-0.25, -0.2) is 0 Å². The van der Waals surface area contributed by atoms with Crippen LogP contribution in [0.4, 0.5) is 8.78 Å². The van der Waals surface area contributed by atoms with Crippen LogP contribution in [0.2, 0.25) is 13.3 Å². The fraction of sp³-hybridized carbons (Fsp3) is 0.824. The molecule has 5 heteroatoms. The van der Waals surface area contributed by atoms with Crippen LogP contribution in [-0.2, 0) is 5.92 Å². The zero-order chi connectivity index (χ0) is 16.6. The van der Waals surface area contributed by atoms with E-state index in [4.69, 9.17) is 0 Å². The first-order chi connectivity index (χ1) is 10.4. The van der Waals surface area contributed by atoms with Gasteiger partial charge in [0.25, 0.3) is 0 Å². The summed E-state index contributed by atoms with van der Waals surface area (Å²) in [4.78, 5) is 4.10. The number of halogens is 2. The second kappa shape index (κ2) is 9.55. The predicted octanol–water partition coefficient (Wildman–Crippen LogP) is 6.31. The Bertz CT molecular complexity index is 407. The Morgan fingerprint density at radius 1 is 1.00 bits per heavy atom. The third-order valence-electron chi connectivity index (χ3n) is 4.43. The topological polar surface area (TPSA) is 12.9 Å². The zero-order valence-electron chi connectivity index (χ0n) is 14.6. The summed E-state index contributed by atoms with van der Waals surface area (Å²) in [5.41, 5.74) is 0. The molecule has 1 aromatic rings. The van der Waals surface area contributed by atoms with Gasteiger partial charge in [-0.1, -0.05) is 0 Å². The van der Waals surface area contributed by atoms with Gasteiger partial charge in [-0.3, -0.25) is 0 Å². The molecule has 0 spiro atoms. The van der Waals surface area contributed by atoms with Crippen molar-refractivity contribution in [2.75, 3.05) is 0 Å². The molecule has 1 nitrogen and oxygen atoms in total. The van der Waals surface area contributed by atoms with E-state index in [1.165, 1.54) is 66.1 Å². The monoisotopic (exact) mass is 439 g/mol. The van der Waals surface area contributed by atoms with Crippen molar-refractivity contribution in [3.05, 3.63) is 11.2 Å². The van der Waals surface area contributed by atoms with Crippen LogP contribution in [0.15, 0.2) is 6.20 Å². The molecule has 0 aliphatic rings. The Morgan fingerprint density at radius 3 is 1.77 bits per heavy atom. The van der Waals surface area contributed by atoms with Gasteiger partial charge in [-0.05, 0) is 0 Å². The van der Waals surface area contributed by atoms with E-state index in [1.54, 1.807) is 0 Å². The summed E-state index contributed by atoms with van der Waals surface area (Å²) in [6.07, 6.45) is 9.18. The number of nitrogens with zero attached hydrogens (tertiary/aromatic N) is 1. The molecular weight excluding hydrogens is 407 g/mol. The molecule has 1 rings (SSSR count). The molecule has 0 radical (unpaired) electrons. The third kappa shape index (κ3) is 5.73. The molecule has 0 saturated heterocycles. The predicted molar refractivity (Wildman–Crippen MR) is 96.2 cm³/mol. The molecule has 128 valence electrons. The van der Waals surface area contributed by atoms with E-state index in [0.29, 0.717) is 0 Å². The number of thiazole rings is 1. The van der Waals surface area contributed by atoms with Crippen LogP contribution in [0.1, 0.15) is 71.2 Å². The van der Waals surface area contributed by atoms with E-state index in [-0.39, 0.29) is 5.01 Å². The molecule has 0 aromatic carbocycles. The molecule has 0 bridgehead atoms. The van der Waals surface area contributed by atoms with E-state index in [1.807, 2.05) is 6.20 Å². The van der Waals surface area contributed by atoms with Gasteiger partial charge in [0.2, 0.25) is 0 Å². The van der Waals surface area contributed by atoms with Gasteiger partial charge in [0.05, 0.1) is 0 Å². The van der Waals surface area contributed by atoms with Gasteiger partial charge in [0.15, 0.2) is 0 Å². The SMILES string of the molecule is CCC[CH2][Sn]([CH2]CCC)([CH2]CCC)[c]1cnc(C(C)(F)F)s1. The molecule has 0 aliphatic heterocycles. The van der Waals surface area contributed by atoms with Gasteiger partial charge >= 0.3 is 143 Å². The van der Waals surface area contributed by atoms with Crippen molar-refractivity contribution < 1.29 is 8.78 Å². The number of rotatable bonds is 11. The number of unbranched alkanes of at least 4 members (excludes halogenated alkanes) is 3.